The number of amides is 2. The summed E-state index contributed by atoms with van der Waals surface area (Å²) in [5.74, 6) is 0.0499. The maximum atomic E-state index is 13.3. The van der Waals surface area contributed by atoms with Gasteiger partial charge in [0.05, 0.1) is 12.0 Å². The van der Waals surface area contributed by atoms with E-state index in [1.807, 2.05) is 35.2 Å². The van der Waals surface area contributed by atoms with Gasteiger partial charge < -0.3 is 19.9 Å². The van der Waals surface area contributed by atoms with Gasteiger partial charge in [-0.2, -0.15) is 0 Å². The Hall–Kier alpha value is -1.63. The van der Waals surface area contributed by atoms with E-state index >= 15 is 0 Å². The predicted molar refractivity (Wildman–Crippen MR) is 108 cm³/mol. The minimum absolute atomic E-state index is 0. The molecule has 1 aromatic carbocycles. The number of methoxy groups -OCH3 is 1. The van der Waals surface area contributed by atoms with Crippen LogP contribution in [-0.4, -0.2) is 63.2 Å². The number of carbonyl (C=O) groups excluding carboxylic acids is 2. The van der Waals surface area contributed by atoms with E-state index in [9.17, 15) is 9.59 Å². The molecular weight excluding hydrogens is 366 g/mol. The van der Waals surface area contributed by atoms with Gasteiger partial charge in [-0.3, -0.25) is 9.59 Å². The first kappa shape index (κ1) is 21.7. The molecule has 1 atom stereocenters. The quantitative estimate of drug-likeness (QED) is 0.829. The molecule has 0 radical (unpaired) electrons. The molecule has 2 saturated heterocycles. The first-order chi connectivity index (χ1) is 12.6. The monoisotopic (exact) mass is 395 g/mol. The summed E-state index contributed by atoms with van der Waals surface area (Å²) in [5.41, 5.74) is 0.376. The number of benzene rings is 1. The number of nitrogens with zero attached hydrogens (tertiary/aromatic N) is 2. The van der Waals surface area contributed by atoms with Gasteiger partial charge in [0.15, 0.2) is 0 Å². The number of nitrogens with one attached hydrogen (secondary N) is 1. The van der Waals surface area contributed by atoms with Crippen molar-refractivity contribution >= 4 is 29.9 Å². The molecule has 0 aliphatic carbocycles. The zero-order chi connectivity index (χ0) is 18.6. The number of para-hydroxylation sites is 1. The van der Waals surface area contributed by atoms with Crippen LogP contribution in [-0.2, 0) is 14.3 Å². The van der Waals surface area contributed by atoms with Crippen molar-refractivity contribution in [3.8, 4) is 0 Å². The normalized spacial score (nSPS) is 22.1. The van der Waals surface area contributed by atoms with Gasteiger partial charge in [0.2, 0.25) is 11.8 Å². The zero-order valence-corrected chi connectivity index (χ0v) is 17.0. The van der Waals surface area contributed by atoms with Crippen molar-refractivity contribution in [2.45, 2.75) is 31.7 Å². The summed E-state index contributed by atoms with van der Waals surface area (Å²) in [6.07, 6.45) is 3.09. The number of likely N-dealkylation sites (N-methyl/N-ethyl adjacent to an activating group) is 1. The molecule has 0 saturated carbocycles. The van der Waals surface area contributed by atoms with Crippen molar-refractivity contribution in [2.24, 2.45) is 5.41 Å². The van der Waals surface area contributed by atoms with Gasteiger partial charge in [0, 0.05) is 26.4 Å². The van der Waals surface area contributed by atoms with Crippen molar-refractivity contribution in [1.29, 1.82) is 0 Å². The summed E-state index contributed by atoms with van der Waals surface area (Å²) in [6, 6.07) is 9.30. The molecule has 2 aliphatic heterocycles. The van der Waals surface area contributed by atoms with E-state index in [4.69, 9.17) is 4.74 Å². The van der Waals surface area contributed by atoms with E-state index in [2.05, 4.69) is 5.32 Å². The Morgan fingerprint density at radius 2 is 1.96 bits per heavy atom. The van der Waals surface area contributed by atoms with Crippen LogP contribution in [0.25, 0.3) is 0 Å². The second-order valence-electron chi connectivity index (χ2n) is 7.36. The Morgan fingerprint density at radius 3 is 2.59 bits per heavy atom. The van der Waals surface area contributed by atoms with Crippen molar-refractivity contribution in [3.63, 3.8) is 0 Å². The number of hydrogen-bond acceptors (Lipinski definition) is 4. The number of ether oxygens (including phenoxy) is 1. The van der Waals surface area contributed by atoms with E-state index in [1.54, 1.807) is 19.1 Å². The molecule has 0 aromatic heterocycles. The summed E-state index contributed by atoms with van der Waals surface area (Å²) in [7, 11) is 3.42. The van der Waals surface area contributed by atoms with Crippen LogP contribution in [0.4, 0.5) is 5.69 Å². The average Bonchev–Trinajstić information content (AvgIpc) is 2.69. The molecule has 2 amide bonds. The largest absolute Gasteiger partial charge is 0.384 e. The highest BCUT2D eigenvalue weighted by Crippen LogP contribution is 2.33. The highest BCUT2D eigenvalue weighted by molar-refractivity contribution is 6.00. The number of carbonyl (C=O) groups is 2. The maximum absolute atomic E-state index is 13.3. The molecular formula is C20H30ClN3O3. The molecule has 7 heteroatoms. The van der Waals surface area contributed by atoms with Gasteiger partial charge in [0.1, 0.15) is 6.04 Å². The first-order valence-corrected chi connectivity index (χ1v) is 9.42. The van der Waals surface area contributed by atoms with Gasteiger partial charge in [-0.1, -0.05) is 18.2 Å². The molecule has 2 aliphatic rings. The van der Waals surface area contributed by atoms with Gasteiger partial charge >= 0.3 is 0 Å². The third-order valence-corrected chi connectivity index (χ3v) is 5.70. The number of halogens is 1. The molecule has 1 N–H and O–H groups in total. The Labute approximate surface area is 167 Å². The highest BCUT2D eigenvalue weighted by Gasteiger charge is 2.45. The second-order valence-corrected chi connectivity index (χ2v) is 7.36. The van der Waals surface area contributed by atoms with Gasteiger partial charge in [-0.15, -0.1) is 12.4 Å². The summed E-state index contributed by atoms with van der Waals surface area (Å²) in [6.45, 7) is 2.71. The molecule has 3 rings (SSSR count). The molecule has 0 bridgehead atoms. The van der Waals surface area contributed by atoms with Crippen LogP contribution in [0.2, 0.25) is 0 Å². The molecule has 0 spiro atoms. The van der Waals surface area contributed by atoms with Gasteiger partial charge in [0.25, 0.3) is 0 Å². The van der Waals surface area contributed by atoms with Crippen LogP contribution in [0, 0.1) is 5.41 Å². The fraction of sp³-hybridized carbons (Fsp3) is 0.600. The van der Waals surface area contributed by atoms with E-state index in [0.29, 0.717) is 19.6 Å². The Balaban J connectivity index is 0.00000261. The summed E-state index contributed by atoms with van der Waals surface area (Å²) >= 11 is 0. The molecule has 6 nitrogen and oxygen atoms in total. The summed E-state index contributed by atoms with van der Waals surface area (Å²) < 4.78 is 5.39. The minimum Gasteiger partial charge on any atom is -0.384 e. The van der Waals surface area contributed by atoms with E-state index in [1.165, 1.54) is 0 Å². The van der Waals surface area contributed by atoms with Crippen LogP contribution in [0.1, 0.15) is 25.7 Å². The van der Waals surface area contributed by atoms with Crippen LogP contribution in [0.3, 0.4) is 0 Å². The number of piperidine rings is 2. The van der Waals surface area contributed by atoms with Crippen LogP contribution in [0.5, 0.6) is 0 Å². The number of hydrogen-bond donors (Lipinski definition) is 1. The fourth-order valence-electron chi connectivity index (χ4n) is 4.20. The number of anilines is 1. The van der Waals surface area contributed by atoms with E-state index in [-0.39, 0.29) is 24.2 Å². The Kier molecular flexibility index (Phi) is 7.65. The van der Waals surface area contributed by atoms with Crippen molar-refractivity contribution < 1.29 is 14.3 Å². The molecule has 2 fully saturated rings. The third kappa shape index (κ3) is 4.45. The molecule has 150 valence electrons. The molecule has 27 heavy (non-hydrogen) atoms. The lowest BCUT2D eigenvalue weighted by Gasteiger charge is -2.43. The minimum atomic E-state index is -0.524. The van der Waals surface area contributed by atoms with Crippen LogP contribution in [0.15, 0.2) is 30.3 Å². The zero-order valence-electron chi connectivity index (χ0n) is 16.1. The van der Waals surface area contributed by atoms with Crippen LogP contribution < -0.4 is 10.2 Å². The smallest absolute Gasteiger partial charge is 0.249 e. The summed E-state index contributed by atoms with van der Waals surface area (Å²) in [5, 5.41) is 3.31. The standard InChI is InChI=1S/C20H29N3O3.ClH/c1-22(19(25)20(15-26-2)10-12-21-13-11-20)17-9-6-14-23(18(17)24)16-7-4-3-5-8-16;/h3-5,7-8,17,21H,6,9-15H2,1-2H3;1H. The topological polar surface area (TPSA) is 61.9 Å². The lowest BCUT2D eigenvalue weighted by Crippen LogP contribution is -2.58. The first-order valence-electron chi connectivity index (χ1n) is 9.42. The van der Waals surface area contributed by atoms with Gasteiger partial charge in [-0.25, -0.2) is 0 Å². The lowest BCUT2D eigenvalue weighted by atomic mass is 9.78. The van der Waals surface area contributed by atoms with Gasteiger partial charge in [-0.05, 0) is 50.9 Å². The average molecular weight is 396 g/mol. The fourth-order valence-corrected chi connectivity index (χ4v) is 4.20. The maximum Gasteiger partial charge on any atom is 0.249 e. The Morgan fingerprint density at radius 1 is 1.30 bits per heavy atom. The van der Waals surface area contributed by atoms with E-state index in [0.717, 1.165) is 38.0 Å². The highest BCUT2D eigenvalue weighted by atomic mass is 35.5. The molecule has 2 heterocycles. The van der Waals surface area contributed by atoms with Crippen molar-refractivity contribution in [1.82, 2.24) is 10.2 Å². The van der Waals surface area contributed by atoms with Crippen molar-refractivity contribution in [2.75, 3.05) is 45.3 Å². The van der Waals surface area contributed by atoms with Crippen molar-refractivity contribution in [3.05, 3.63) is 30.3 Å². The number of rotatable bonds is 5. The molecule has 1 aromatic rings. The Bertz CT molecular complexity index is 629. The predicted octanol–water partition coefficient (Wildman–Crippen LogP) is 2.08. The summed E-state index contributed by atoms with van der Waals surface area (Å²) in [4.78, 5) is 29.9. The van der Waals surface area contributed by atoms with E-state index < -0.39 is 11.5 Å². The van der Waals surface area contributed by atoms with Crippen LogP contribution >= 0.6 is 12.4 Å². The SMILES string of the molecule is COCC1(C(=O)N(C)C2CCCN(c3ccccc3)C2=O)CCNCC1.Cl. The second kappa shape index (κ2) is 9.53. The lowest BCUT2D eigenvalue weighted by molar-refractivity contribution is -0.152. The molecule has 1 unspecified atom stereocenters. The third-order valence-electron chi connectivity index (χ3n) is 5.70.